The Bertz CT molecular complexity index is 570. The minimum Gasteiger partial charge on any atom is -0.353 e. The number of nitrogens with one attached hydrogen (secondary N) is 1. The van der Waals surface area contributed by atoms with Crippen molar-refractivity contribution in [1.29, 1.82) is 0 Å². The molecule has 3 rings (SSSR count). The second-order valence-corrected chi connectivity index (χ2v) is 6.23. The zero-order chi connectivity index (χ0) is 15.5. The third kappa shape index (κ3) is 3.29. The van der Waals surface area contributed by atoms with Crippen molar-refractivity contribution in [3.05, 3.63) is 30.1 Å². The largest absolute Gasteiger partial charge is 0.353 e. The molecular weight excluding hydrogens is 283 g/mol. The highest BCUT2D eigenvalue weighted by Crippen LogP contribution is 2.26. The maximum Gasteiger partial charge on any atom is 0.227 e. The minimum absolute atomic E-state index is 0.0425. The fraction of sp³-hybridized carbons (Fsp3) is 0.529. The number of halogens is 1. The van der Waals surface area contributed by atoms with E-state index in [9.17, 15) is 14.0 Å². The van der Waals surface area contributed by atoms with Gasteiger partial charge in [-0.05, 0) is 31.0 Å². The van der Waals surface area contributed by atoms with Gasteiger partial charge >= 0.3 is 0 Å². The zero-order valence-corrected chi connectivity index (χ0v) is 12.6. The Morgan fingerprint density at radius 1 is 1.23 bits per heavy atom. The summed E-state index contributed by atoms with van der Waals surface area (Å²) >= 11 is 0. The quantitative estimate of drug-likeness (QED) is 0.933. The number of carbonyl (C=O) groups is 2. The van der Waals surface area contributed by atoms with Crippen molar-refractivity contribution in [2.45, 2.75) is 44.6 Å². The van der Waals surface area contributed by atoms with E-state index in [-0.39, 0.29) is 36.0 Å². The molecule has 0 unspecified atom stereocenters. The van der Waals surface area contributed by atoms with Gasteiger partial charge in [-0.25, -0.2) is 4.39 Å². The summed E-state index contributed by atoms with van der Waals surface area (Å²) in [5.41, 5.74) is 0.526. The molecule has 1 aromatic rings. The van der Waals surface area contributed by atoms with Crippen LogP contribution in [0.1, 0.15) is 38.5 Å². The Hall–Kier alpha value is -1.91. The van der Waals surface area contributed by atoms with Gasteiger partial charge in [0, 0.05) is 24.7 Å². The van der Waals surface area contributed by atoms with Crippen LogP contribution in [0, 0.1) is 11.7 Å². The first-order chi connectivity index (χ1) is 10.6. The van der Waals surface area contributed by atoms with Gasteiger partial charge in [-0.15, -0.1) is 0 Å². The highest BCUT2D eigenvalue weighted by molar-refractivity contribution is 6.00. The van der Waals surface area contributed by atoms with Crippen LogP contribution in [0.2, 0.25) is 0 Å². The standard InChI is InChI=1S/C17H21FN2O2/c18-13-5-4-8-15(10-13)20-11-12(9-16(20)21)17(22)19-14-6-2-1-3-7-14/h4-5,8,10,12,14H,1-3,6-7,9,11H2,(H,19,22)/t12-/m1/s1. The average Bonchev–Trinajstić information content (AvgIpc) is 2.90. The Morgan fingerprint density at radius 3 is 2.73 bits per heavy atom. The van der Waals surface area contributed by atoms with Crippen LogP contribution in [0.3, 0.4) is 0 Å². The summed E-state index contributed by atoms with van der Waals surface area (Å²) in [6.07, 6.45) is 5.81. The molecule has 1 atom stereocenters. The molecule has 0 aromatic heterocycles. The van der Waals surface area contributed by atoms with E-state index in [1.807, 2.05) is 0 Å². The van der Waals surface area contributed by atoms with Gasteiger partial charge in [-0.2, -0.15) is 0 Å². The maximum atomic E-state index is 13.3. The molecule has 0 bridgehead atoms. The van der Waals surface area contributed by atoms with E-state index in [0.717, 1.165) is 25.7 Å². The molecule has 1 saturated carbocycles. The molecule has 1 saturated heterocycles. The number of rotatable bonds is 3. The topological polar surface area (TPSA) is 49.4 Å². The van der Waals surface area contributed by atoms with Gasteiger partial charge in [0.15, 0.2) is 0 Å². The molecule has 1 N–H and O–H groups in total. The molecule has 1 heterocycles. The Labute approximate surface area is 129 Å². The van der Waals surface area contributed by atoms with E-state index in [4.69, 9.17) is 0 Å². The number of carbonyl (C=O) groups excluding carboxylic acids is 2. The number of hydrogen-bond donors (Lipinski definition) is 1. The second kappa shape index (κ2) is 6.46. The Balaban J connectivity index is 1.62. The van der Waals surface area contributed by atoms with Crippen LogP contribution < -0.4 is 10.2 Å². The van der Waals surface area contributed by atoms with Crippen molar-refractivity contribution in [3.63, 3.8) is 0 Å². The van der Waals surface area contributed by atoms with Gasteiger partial charge in [0.2, 0.25) is 11.8 Å². The molecule has 0 radical (unpaired) electrons. The maximum absolute atomic E-state index is 13.3. The molecule has 5 heteroatoms. The van der Waals surface area contributed by atoms with E-state index in [1.165, 1.54) is 23.5 Å². The first-order valence-corrected chi connectivity index (χ1v) is 8.00. The van der Waals surface area contributed by atoms with Gasteiger partial charge in [0.1, 0.15) is 5.82 Å². The third-order valence-corrected chi connectivity index (χ3v) is 4.57. The van der Waals surface area contributed by atoms with Crippen LogP contribution in [0.4, 0.5) is 10.1 Å². The summed E-state index contributed by atoms with van der Waals surface area (Å²) in [5.74, 6) is -0.869. The van der Waals surface area contributed by atoms with Crippen LogP contribution in [0.25, 0.3) is 0 Å². The molecule has 1 aliphatic heterocycles. The fourth-order valence-electron chi connectivity index (χ4n) is 3.34. The van der Waals surface area contributed by atoms with Crippen LogP contribution in [0.5, 0.6) is 0 Å². The van der Waals surface area contributed by atoms with Crippen LogP contribution in [-0.4, -0.2) is 24.4 Å². The summed E-state index contributed by atoms with van der Waals surface area (Å²) < 4.78 is 13.3. The van der Waals surface area contributed by atoms with Crippen LogP contribution in [-0.2, 0) is 9.59 Å². The highest BCUT2D eigenvalue weighted by atomic mass is 19.1. The van der Waals surface area contributed by atoms with Crippen molar-refractivity contribution < 1.29 is 14.0 Å². The molecule has 2 aliphatic rings. The number of nitrogens with zero attached hydrogens (tertiary/aromatic N) is 1. The van der Waals surface area contributed by atoms with E-state index in [0.29, 0.717) is 12.2 Å². The van der Waals surface area contributed by atoms with Crippen LogP contribution in [0.15, 0.2) is 24.3 Å². The van der Waals surface area contributed by atoms with Gasteiger partial charge in [-0.3, -0.25) is 9.59 Å². The molecule has 2 amide bonds. The van der Waals surface area contributed by atoms with E-state index >= 15 is 0 Å². The van der Waals surface area contributed by atoms with Crippen molar-refractivity contribution >= 4 is 17.5 Å². The fourth-order valence-corrected chi connectivity index (χ4v) is 3.34. The lowest BCUT2D eigenvalue weighted by Gasteiger charge is -2.24. The summed E-state index contributed by atoms with van der Waals surface area (Å²) in [5, 5.41) is 3.07. The molecule has 118 valence electrons. The van der Waals surface area contributed by atoms with Crippen molar-refractivity contribution in [1.82, 2.24) is 5.32 Å². The zero-order valence-electron chi connectivity index (χ0n) is 12.6. The Kier molecular flexibility index (Phi) is 4.41. The summed E-state index contributed by atoms with van der Waals surface area (Å²) in [6, 6.07) is 6.20. The van der Waals surface area contributed by atoms with Crippen LogP contribution >= 0.6 is 0 Å². The smallest absolute Gasteiger partial charge is 0.227 e. The van der Waals surface area contributed by atoms with Gasteiger partial charge in [0.25, 0.3) is 0 Å². The number of benzene rings is 1. The van der Waals surface area contributed by atoms with E-state index in [1.54, 1.807) is 12.1 Å². The van der Waals surface area contributed by atoms with Crippen molar-refractivity contribution in [2.24, 2.45) is 5.92 Å². The van der Waals surface area contributed by atoms with Crippen molar-refractivity contribution in [3.8, 4) is 0 Å². The molecular formula is C17H21FN2O2. The van der Waals surface area contributed by atoms with Gasteiger partial charge in [0.05, 0.1) is 5.92 Å². The van der Waals surface area contributed by atoms with Gasteiger partial charge < -0.3 is 10.2 Å². The number of hydrogen-bond acceptors (Lipinski definition) is 2. The van der Waals surface area contributed by atoms with E-state index in [2.05, 4.69) is 5.32 Å². The highest BCUT2D eigenvalue weighted by Gasteiger charge is 2.35. The normalized spacial score (nSPS) is 22.9. The SMILES string of the molecule is O=C(NC1CCCCC1)[C@@H]1CC(=O)N(c2cccc(F)c2)C1. The summed E-state index contributed by atoms with van der Waals surface area (Å²) in [4.78, 5) is 26.0. The molecule has 2 fully saturated rings. The molecule has 22 heavy (non-hydrogen) atoms. The lowest BCUT2D eigenvalue weighted by Crippen LogP contribution is -2.40. The predicted octanol–water partition coefficient (Wildman–Crippen LogP) is 2.63. The second-order valence-electron chi connectivity index (χ2n) is 6.23. The average molecular weight is 304 g/mol. The molecule has 1 aliphatic carbocycles. The predicted molar refractivity (Wildman–Crippen MR) is 81.9 cm³/mol. The van der Waals surface area contributed by atoms with E-state index < -0.39 is 0 Å². The lowest BCUT2D eigenvalue weighted by molar-refractivity contribution is -0.127. The monoisotopic (exact) mass is 304 g/mol. The van der Waals surface area contributed by atoms with Crippen molar-refractivity contribution in [2.75, 3.05) is 11.4 Å². The third-order valence-electron chi connectivity index (χ3n) is 4.57. The summed E-state index contributed by atoms with van der Waals surface area (Å²) in [7, 11) is 0. The Morgan fingerprint density at radius 2 is 2.00 bits per heavy atom. The lowest BCUT2D eigenvalue weighted by atomic mass is 9.95. The summed E-state index contributed by atoms with van der Waals surface area (Å²) in [6.45, 7) is 0.334. The number of amides is 2. The number of anilines is 1. The minimum atomic E-state index is -0.375. The molecule has 4 nitrogen and oxygen atoms in total. The van der Waals surface area contributed by atoms with Gasteiger partial charge in [-0.1, -0.05) is 25.3 Å². The molecule has 0 spiro atoms. The molecule has 1 aromatic carbocycles. The first-order valence-electron chi connectivity index (χ1n) is 8.00. The first kappa shape index (κ1) is 15.0.